The minimum atomic E-state index is 0.476. The zero-order chi connectivity index (χ0) is 13.1. The monoisotopic (exact) mass is 288 g/mol. The van der Waals surface area contributed by atoms with E-state index in [1.807, 2.05) is 35.0 Å². The molecule has 0 radical (unpaired) electrons. The van der Waals surface area contributed by atoms with Gasteiger partial charge < -0.3 is 5.32 Å². The molecule has 0 atom stereocenters. The molecule has 0 aliphatic carbocycles. The molecule has 1 N–H and O–H groups in total. The summed E-state index contributed by atoms with van der Waals surface area (Å²) in [7, 11) is 0. The Morgan fingerprint density at radius 2 is 2.11 bits per heavy atom. The van der Waals surface area contributed by atoms with Crippen LogP contribution >= 0.6 is 22.9 Å². The van der Waals surface area contributed by atoms with Crippen LogP contribution in [0.15, 0.2) is 47.4 Å². The summed E-state index contributed by atoms with van der Waals surface area (Å²) in [6.45, 7) is 0. The van der Waals surface area contributed by atoms with Gasteiger partial charge in [0, 0.05) is 17.1 Å². The van der Waals surface area contributed by atoms with Crippen LogP contribution in [0.4, 0.5) is 11.8 Å². The van der Waals surface area contributed by atoms with Gasteiger partial charge in [-0.2, -0.15) is 11.3 Å². The van der Waals surface area contributed by atoms with Crippen molar-refractivity contribution in [1.82, 2.24) is 15.0 Å². The van der Waals surface area contributed by atoms with Gasteiger partial charge in [-0.15, -0.1) is 0 Å². The third-order valence-electron chi connectivity index (χ3n) is 2.44. The Kier molecular flexibility index (Phi) is 3.39. The Balaban J connectivity index is 1.94. The molecule has 0 unspecified atom stereocenters. The van der Waals surface area contributed by atoms with Crippen LogP contribution < -0.4 is 5.32 Å². The lowest BCUT2D eigenvalue weighted by molar-refractivity contribution is 1.15. The summed E-state index contributed by atoms with van der Waals surface area (Å²) >= 11 is 7.73. The summed E-state index contributed by atoms with van der Waals surface area (Å²) in [4.78, 5) is 12.7. The molecule has 0 saturated carbocycles. The Morgan fingerprint density at radius 3 is 2.84 bits per heavy atom. The van der Waals surface area contributed by atoms with Gasteiger partial charge in [-0.25, -0.2) is 15.0 Å². The number of pyridine rings is 1. The molecule has 0 amide bonds. The predicted octanol–water partition coefficient (Wildman–Crippen LogP) is 4.00. The van der Waals surface area contributed by atoms with Crippen LogP contribution in [0.1, 0.15) is 0 Å². The smallest absolute Gasteiger partial charge is 0.228 e. The molecule has 19 heavy (non-hydrogen) atoms. The van der Waals surface area contributed by atoms with Crippen LogP contribution in [-0.4, -0.2) is 15.0 Å². The summed E-state index contributed by atoms with van der Waals surface area (Å²) in [5, 5.41) is 7.56. The molecule has 3 aromatic heterocycles. The van der Waals surface area contributed by atoms with Gasteiger partial charge in [-0.3, -0.25) is 0 Å². The zero-order valence-electron chi connectivity index (χ0n) is 9.75. The number of nitrogens with one attached hydrogen (secondary N) is 1. The molecule has 0 aliphatic heterocycles. The van der Waals surface area contributed by atoms with Gasteiger partial charge in [0.2, 0.25) is 5.95 Å². The van der Waals surface area contributed by atoms with Crippen molar-refractivity contribution in [2.45, 2.75) is 0 Å². The molecule has 0 aliphatic rings. The number of halogens is 1. The maximum atomic E-state index is 6.13. The van der Waals surface area contributed by atoms with E-state index in [9.17, 15) is 0 Å². The Bertz CT molecular complexity index is 670. The second-order valence-electron chi connectivity index (χ2n) is 3.74. The molecule has 6 heteroatoms. The fourth-order valence-corrected chi connectivity index (χ4v) is 2.42. The quantitative estimate of drug-likeness (QED) is 0.791. The van der Waals surface area contributed by atoms with E-state index < -0.39 is 0 Å². The highest BCUT2D eigenvalue weighted by molar-refractivity contribution is 7.08. The van der Waals surface area contributed by atoms with Crippen LogP contribution in [-0.2, 0) is 0 Å². The molecule has 0 spiro atoms. The standard InChI is InChI=1S/C13H9ClN4S/c14-10-7-16-13(17-11-3-1-2-5-15-11)18-12(10)9-4-6-19-8-9/h1-8H,(H,15,16,17,18). The first-order chi connectivity index (χ1) is 9.33. The first-order valence-corrected chi connectivity index (χ1v) is 6.88. The van der Waals surface area contributed by atoms with Crippen molar-refractivity contribution < 1.29 is 0 Å². The van der Waals surface area contributed by atoms with E-state index in [0.717, 1.165) is 11.3 Å². The van der Waals surface area contributed by atoms with E-state index in [1.165, 1.54) is 0 Å². The number of rotatable bonds is 3. The van der Waals surface area contributed by atoms with Crippen molar-refractivity contribution in [2.24, 2.45) is 0 Å². The number of thiophene rings is 1. The predicted molar refractivity (Wildman–Crippen MR) is 77.9 cm³/mol. The topological polar surface area (TPSA) is 50.7 Å². The van der Waals surface area contributed by atoms with Gasteiger partial charge in [-0.05, 0) is 23.6 Å². The molecule has 0 saturated heterocycles. The van der Waals surface area contributed by atoms with E-state index in [1.54, 1.807) is 23.7 Å². The van der Waals surface area contributed by atoms with E-state index in [-0.39, 0.29) is 0 Å². The lowest BCUT2D eigenvalue weighted by atomic mass is 10.2. The van der Waals surface area contributed by atoms with Crippen LogP contribution in [0.2, 0.25) is 5.02 Å². The number of nitrogens with zero attached hydrogens (tertiary/aromatic N) is 3. The lowest BCUT2D eigenvalue weighted by Gasteiger charge is -2.06. The number of anilines is 2. The summed E-state index contributed by atoms with van der Waals surface area (Å²) in [6, 6.07) is 7.57. The highest BCUT2D eigenvalue weighted by Gasteiger charge is 2.08. The van der Waals surface area contributed by atoms with Crippen molar-refractivity contribution in [3.05, 3.63) is 52.4 Å². The van der Waals surface area contributed by atoms with Crippen LogP contribution in [0.3, 0.4) is 0 Å². The van der Waals surface area contributed by atoms with E-state index >= 15 is 0 Å². The Hall–Kier alpha value is -1.98. The molecule has 94 valence electrons. The van der Waals surface area contributed by atoms with Crippen LogP contribution in [0, 0.1) is 0 Å². The third-order valence-corrected chi connectivity index (χ3v) is 3.40. The number of hydrogen-bond donors (Lipinski definition) is 1. The summed E-state index contributed by atoms with van der Waals surface area (Å²) in [5.74, 6) is 1.17. The Morgan fingerprint density at radius 1 is 1.16 bits per heavy atom. The van der Waals surface area contributed by atoms with E-state index in [4.69, 9.17) is 11.6 Å². The van der Waals surface area contributed by atoms with Gasteiger partial charge in [-0.1, -0.05) is 17.7 Å². The summed E-state index contributed by atoms with van der Waals surface area (Å²) < 4.78 is 0. The molecule has 0 bridgehead atoms. The molecule has 0 fully saturated rings. The fraction of sp³-hybridized carbons (Fsp3) is 0. The van der Waals surface area contributed by atoms with Gasteiger partial charge >= 0.3 is 0 Å². The van der Waals surface area contributed by atoms with Gasteiger partial charge in [0.1, 0.15) is 5.82 Å². The molecular formula is C13H9ClN4S. The minimum absolute atomic E-state index is 0.476. The molecule has 3 heterocycles. The fourth-order valence-electron chi connectivity index (χ4n) is 1.58. The van der Waals surface area contributed by atoms with Crippen molar-refractivity contribution in [2.75, 3.05) is 5.32 Å². The SMILES string of the molecule is Clc1cnc(Nc2ccccn2)nc1-c1ccsc1. The lowest BCUT2D eigenvalue weighted by Crippen LogP contribution is -1.99. The number of aromatic nitrogens is 3. The second-order valence-corrected chi connectivity index (χ2v) is 4.93. The first-order valence-electron chi connectivity index (χ1n) is 5.56. The van der Waals surface area contributed by atoms with Gasteiger partial charge in [0.25, 0.3) is 0 Å². The van der Waals surface area contributed by atoms with Gasteiger partial charge in [0.15, 0.2) is 0 Å². The Labute approximate surface area is 119 Å². The zero-order valence-corrected chi connectivity index (χ0v) is 11.3. The maximum Gasteiger partial charge on any atom is 0.228 e. The second kappa shape index (κ2) is 5.34. The average molecular weight is 289 g/mol. The normalized spacial score (nSPS) is 10.4. The molecule has 3 rings (SSSR count). The number of hydrogen-bond acceptors (Lipinski definition) is 5. The van der Waals surface area contributed by atoms with E-state index in [2.05, 4.69) is 20.3 Å². The van der Waals surface area contributed by atoms with Crippen LogP contribution in [0.5, 0.6) is 0 Å². The highest BCUT2D eigenvalue weighted by atomic mass is 35.5. The minimum Gasteiger partial charge on any atom is -0.309 e. The summed E-state index contributed by atoms with van der Waals surface area (Å²) in [5.41, 5.74) is 1.71. The van der Waals surface area contributed by atoms with Crippen molar-refractivity contribution in [3.63, 3.8) is 0 Å². The molecule has 3 aromatic rings. The molecule has 0 aromatic carbocycles. The van der Waals surface area contributed by atoms with E-state index in [0.29, 0.717) is 16.8 Å². The molecular weight excluding hydrogens is 280 g/mol. The van der Waals surface area contributed by atoms with Gasteiger partial charge in [0.05, 0.1) is 16.9 Å². The largest absolute Gasteiger partial charge is 0.309 e. The summed E-state index contributed by atoms with van der Waals surface area (Å²) in [6.07, 6.45) is 3.30. The highest BCUT2D eigenvalue weighted by Crippen LogP contribution is 2.28. The van der Waals surface area contributed by atoms with Crippen molar-refractivity contribution >= 4 is 34.7 Å². The first kappa shape index (κ1) is 12.1. The average Bonchev–Trinajstić information content (AvgIpc) is 2.96. The van der Waals surface area contributed by atoms with Crippen molar-refractivity contribution in [1.29, 1.82) is 0 Å². The third kappa shape index (κ3) is 2.72. The molecule has 4 nitrogen and oxygen atoms in total. The van der Waals surface area contributed by atoms with Crippen LogP contribution in [0.25, 0.3) is 11.3 Å². The van der Waals surface area contributed by atoms with Crippen molar-refractivity contribution in [3.8, 4) is 11.3 Å². The maximum absolute atomic E-state index is 6.13.